The van der Waals surface area contributed by atoms with E-state index < -0.39 is 11.5 Å². The van der Waals surface area contributed by atoms with Gasteiger partial charge >= 0.3 is 0 Å². The van der Waals surface area contributed by atoms with Crippen LogP contribution in [-0.4, -0.2) is 17.4 Å². The van der Waals surface area contributed by atoms with Crippen LogP contribution in [0, 0.1) is 18.8 Å². The van der Waals surface area contributed by atoms with Crippen LogP contribution in [0.5, 0.6) is 0 Å². The first kappa shape index (κ1) is 14.6. The topological polar surface area (TPSA) is 88.0 Å². The molecule has 2 aromatic rings. The second-order valence-electron chi connectivity index (χ2n) is 4.40. The van der Waals surface area contributed by atoms with Gasteiger partial charge in [-0.1, -0.05) is 17.9 Å². The van der Waals surface area contributed by atoms with Crippen molar-refractivity contribution in [2.45, 2.75) is 6.92 Å². The summed E-state index contributed by atoms with van der Waals surface area (Å²) in [5.74, 6) is 5.20. The molecule has 1 aromatic carbocycles. The number of aromatic amines is 1. The Morgan fingerprint density at radius 2 is 2.19 bits per heavy atom. The third-order valence-electron chi connectivity index (χ3n) is 2.88. The van der Waals surface area contributed by atoms with Gasteiger partial charge in [0.15, 0.2) is 0 Å². The monoisotopic (exact) mass is 281 g/mol. The predicted octanol–water partition coefficient (Wildman–Crippen LogP) is 1.25. The molecule has 2 rings (SSSR count). The lowest BCUT2D eigenvalue weighted by molar-refractivity contribution is 0.102. The number of nitrogens with two attached hydrogens (primary N) is 1. The lowest BCUT2D eigenvalue weighted by atomic mass is 10.1. The minimum atomic E-state index is -0.455. The highest BCUT2D eigenvalue weighted by atomic mass is 16.2. The average Bonchev–Trinajstić information content (AvgIpc) is 2.48. The van der Waals surface area contributed by atoms with E-state index in [0.29, 0.717) is 5.69 Å². The third kappa shape index (κ3) is 3.59. The maximum absolute atomic E-state index is 12.1. The number of hydrogen-bond acceptors (Lipinski definition) is 3. The molecule has 0 radical (unpaired) electrons. The van der Waals surface area contributed by atoms with E-state index in [9.17, 15) is 9.59 Å². The quantitative estimate of drug-likeness (QED) is 0.724. The first-order valence-corrected chi connectivity index (χ1v) is 6.40. The molecule has 1 amide bonds. The Hall–Kier alpha value is -2.84. The van der Waals surface area contributed by atoms with Gasteiger partial charge in [0.1, 0.15) is 5.56 Å². The van der Waals surface area contributed by atoms with E-state index in [-0.39, 0.29) is 12.1 Å². The summed E-state index contributed by atoms with van der Waals surface area (Å²) in [6.07, 6.45) is 1.48. The number of hydrogen-bond donors (Lipinski definition) is 3. The molecule has 1 aromatic heterocycles. The van der Waals surface area contributed by atoms with Crippen LogP contribution in [0.25, 0.3) is 0 Å². The van der Waals surface area contributed by atoms with Crippen LogP contribution in [0.4, 0.5) is 5.69 Å². The van der Waals surface area contributed by atoms with Crippen molar-refractivity contribution in [3.8, 4) is 11.8 Å². The molecular formula is C16H15N3O2. The van der Waals surface area contributed by atoms with Crippen LogP contribution in [0.1, 0.15) is 21.5 Å². The van der Waals surface area contributed by atoms with E-state index >= 15 is 0 Å². The summed E-state index contributed by atoms with van der Waals surface area (Å²) in [7, 11) is 0. The van der Waals surface area contributed by atoms with Crippen LogP contribution >= 0.6 is 0 Å². The Labute approximate surface area is 122 Å². The minimum absolute atomic E-state index is 0.0651. The molecule has 1 heterocycles. The van der Waals surface area contributed by atoms with Crippen LogP contribution in [0.2, 0.25) is 0 Å². The highest BCUT2D eigenvalue weighted by Crippen LogP contribution is 2.17. The van der Waals surface area contributed by atoms with Crippen molar-refractivity contribution in [3.63, 3.8) is 0 Å². The summed E-state index contributed by atoms with van der Waals surface area (Å²) in [4.78, 5) is 26.2. The molecule has 0 spiro atoms. The zero-order chi connectivity index (χ0) is 15.2. The fourth-order valence-electron chi connectivity index (χ4n) is 1.78. The molecule has 5 heteroatoms. The number of nitrogens with one attached hydrogen (secondary N) is 2. The molecule has 21 heavy (non-hydrogen) atoms. The van der Waals surface area contributed by atoms with Gasteiger partial charge in [0.05, 0.1) is 6.54 Å². The highest BCUT2D eigenvalue weighted by molar-refractivity contribution is 6.04. The summed E-state index contributed by atoms with van der Waals surface area (Å²) in [6, 6.07) is 8.54. The van der Waals surface area contributed by atoms with E-state index in [1.165, 1.54) is 12.3 Å². The predicted molar refractivity (Wildman–Crippen MR) is 82.1 cm³/mol. The second-order valence-corrected chi connectivity index (χ2v) is 4.40. The maximum Gasteiger partial charge on any atom is 0.261 e. The van der Waals surface area contributed by atoms with Crippen LogP contribution in [-0.2, 0) is 0 Å². The number of anilines is 1. The average molecular weight is 281 g/mol. The largest absolute Gasteiger partial charge is 0.328 e. The summed E-state index contributed by atoms with van der Waals surface area (Å²) < 4.78 is 0. The van der Waals surface area contributed by atoms with Crippen molar-refractivity contribution in [2.75, 3.05) is 11.9 Å². The highest BCUT2D eigenvalue weighted by Gasteiger charge is 2.11. The van der Waals surface area contributed by atoms with Crippen molar-refractivity contribution >= 4 is 11.6 Å². The number of amides is 1. The molecule has 106 valence electrons. The lowest BCUT2D eigenvalue weighted by Crippen LogP contribution is -2.22. The van der Waals surface area contributed by atoms with Gasteiger partial charge in [-0.2, -0.15) is 0 Å². The van der Waals surface area contributed by atoms with Gasteiger partial charge < -0.3 is 16.0 Å². The number of carbonyl (C=O) groups is 1. The van der Waals surface area contributed by atoms with Crippen molar-refractivity contribution in [1.29, 1.82) is 0 Å². The summed E-state index contributed by atoms with van der Waals surface area (Å²) in [5, 5.41) is 2.73. The lowest BCUT2D eigenvalue weighted by Gasteiger charge is -2.08. The molecule has 0 unspecified atom stereocenters. The fraction of sp³-hybridized carbons (Fsp3) is 0.125. The zero-order valence-electron chi connectivity index (χ0n) is 11.6. The summed E-state index contributed by atoms with van der Waals surface area (Å²) in [6.45, 7) is 2.14. The van der Waals surface area contributed by atoms with Gasteiger partial charge in [0.2, 0.25) is 0 Å². The Kier molecular flexibility index (Phi) is 4.54. The molecular weight excluding hydrogens is 266 g/mol. The molecule has 0 aliphatic carbocycles. The number of benzene rings is 1. The number of aryl methyl sites for hydroxylation is 1. The first-order chi connectivity index (χ1) is 10.1. The fourth-order valence-corrected chi connectivity index (χ4v) is 1.78. The first-order valence-electron chi connectivity index (χ1n) is 6.40. The Morgan fingerprint density at radius 1 is 1.38 bits per heavy atom. The van der Waals surface area contributed by atoms with Gasteiger partial charge in [0.25, 0.3) is 11.5 Å². The van der Waals surface area contributed by atoms with Crippen LogP contribution < -0.4 is 16.6 Å². The maximum atomic E-state index is 12.1. The number of aromatic nitrogens is 1. The Morgan fingerprint density at radius 3 is 2.90 bits per heavy atom. The Balaban J connectivity index is 2.29. The number of pyridine rings is 1. The van der Waals surface area contributed by atoms with Crippen LogP contribution in [0.3, 0.4) is 0 Å². The number of rotatable bonds is 2. The molecule has 0 bridgehead atoms. The van der Waals surface area contributed by atoms with Gasteiger partial charge in [-0.15, -0.1) is 0 Å². The van der Waals surface area contributed by atoms with Crippen molar-refractivity contribution in [1.82, 2.24) is 4.98 Å². The molecule has 5 nitrogen and oxygen atoms in total. The molecule has 0 aliphatic rings. The molecule has 0 fully saturated rings. The number of carbonyl (C=O) groups excluding carboxylic acids is 1. The molecule has 4 N–H and O–H groups in total. The SMILES string of the molecule is Cc1ccc(C#CCN)cc1NC(=O)c1ccc[nH]c1=O. The Bertz CT molecular complexity index is 782. The standard InChI is InChI=1S/C16H15N3O2/c1-11-6-7-12(4-2-8-17)10-14(11)19-16(21)13-5-3-9-18-15(13)20/h3,5-7,9-10H,8,17H2,1H3,(H,18,20)(H,19,21). The number of H-pyrrole nitrogens is 1. The smallest absolute Gasteiger partial charge is 0.261 e. The third-order valence-corrected chi connectivity index (χ3v) is 2.88. The van der Waals surface area contributed by atoms with Crippen molar-refractivity contribution in [3.05, 3.63) is 63.6 Å². The van der Waals surface area contributed by atoms with E-state index in [0.717, 1.165) is 11.1 Å². The van der Waals surface area contributed by atoms with Gasteiger partial charge in [-0.3, -0.25) is 9.59 Å². The summed E-state index contributed by atoms with van der Waals surface area (Å²) >= 11 is 0. The van der Waals surface area contributed by atoms with Crippen molar-refractivity contribution < 1.29 is 4.79 Å². The van der Waals surface area contributed by atoms with E-state index in [1.54, 1.807) is 12.1 Å². The van der Waals surface area contributed by atoms with E-state index in [2.05, 4.69) is 22.1 Å². The molecule has 0 saturated heterocycles. The van der Waals surface area contributed by atoms with Gasteiger partial charge in [0, 0.05) is 17.4 Å². The molecule has 0 saturated carbocycles. The van der Waals surface area contributed by atoms with Gasteiger partial charge in [-0.25, -0.2) is 0 Å². The molecule has 0 atom stereocenters. The van der Waals surface area contributed by atoms with Crippen molar-refractivity contribution in [2.24, 2.45) is 5.73 Å². The summed E-state index contributed by atoms with van der Waals surface area (Å²) in [5.41, 5.74) is 7.23. The zero-order valence-corrected chi connectivity index (χ0v) is 11.6. The normalized spacial score (nSPS) is 9.62. The van der Waals surface area contributed by atoms with Gasteiger partial charge in [-0.05, 0) is 36.8 Å². The van der Waals surface area contributed by atoms with Crippen LogP contribution in [0.15, 0.2) is 41.3 Å². The minimum Gasteiger partial charge on any atom is -0.328 e. The van der Waals surface area contributed by atoms with E-state index in [1.807, 2.05) is 19.1 Å². The second kappa shape index (κ2) is 6.55. The van der Waals surface area contributed by atoms with E-state index in [4.69, 9.17) is 5.73 Å². The molecule has 0 aliphatic heterocycles.